The molecule has 0 radical (unpaired) electrons. The van der Waals surface area contributed by atoms with Crippen molar-refractivity contribution in [3.05, 3.63) is 70.0 Å². The number of ketones is 2. The van der Waals surface area contributed by atoms with Crippen molar-refractivity contribution in [2.45, 2.75) is 31.0 Å². The van der Waals surface area contributed by atoms with Crippen LogP contribution in [0.2, 0.25) is 0 Å². The maximum atomic E-state index is 14.2. The molecule has 0 bridgehead atoms. The van der Waals surface area contributed by atoms with Gasteiger partial charge in [0.2, 0.25) is 11.6 Å². The average molecular weight is 577 g/mol. The Labute approximate surface area is 243 Å². The van der Waals surface area contributed by atoms with Gasteiger partial charge in [-0.15, -0.1) is 0 Å². The number of para-hydroxylation sites is 1. The molecule has 0 unspecified atom stereocenters. The Morgan fingerprint density at radius 1 is 1.12 bits per heavy atom. The number of phenolic OH excluding ortho intramolecular Hbond substituents is 1. The molecule has 2 aromatic carbocycles. The molecule has 11 nitrogen and oxygen atoms in total. The van der Waals surface area contributed by atoms with Gasteiger partial charge in [0.15, 0.2) is 5.60 Å². The second kappa shape index (κ2) is 10.5. The number of phenols is 1. The minimum Gasteiger partial charge on any atom is -0.507 e. The quantitative estimate of drug-likeness (QED) is 0.242. The number of aliphatic hydroxyl groups excluding tert-OH is 1. The van der Waals surface area contributed by atoms with Crippen molar-refractivity contribution < 1.29 is 34.4 Å². The second-order valence-corrected chi connectivity index (χ2v) is 11.5. The van der Waals surface area contributed by atoms with Crippen molar-refractivity contribution in [2.24, 2.45) is 17.6 Å². The first-order valence-electron chi connectivity index (χ1n) is 13.7. The number of carbonyl (C=O) groups is 3. The second-order valence-electron chi connectivity index (χ2n) is 11.5. The highest BCUT2D eigenvalue weighted by atomic mass is 16.5. The minimum atomic E-state index is -2.66. The van der Waals surface area contributed by atoms with E-state index in [4.69, 9.17) is 10.5 Å². The number of anilines is 2. The molecule has 3 aliphatic rings. The van der Waals surface area contributed by atoms with Gasteiger partial charge in [-0.3, -0.25) is 19.3 Å². The van der Waals surface area contributed by atoms with Gasteiger partial charge in [-0.2, -0.15) is 0 Å². The number of carbonyl (C=O) groups excluding carboxylic acids is 3. The normalized spacial score (nSPS) is 25.2. The van der Waals surface area contributed by atoms with Crippen LogP contribution in [-0.2, 0) is 32.1 Å². The molecule has 1 saturated carbocycles. The van der Waals surface area contributed by atoms with Crippen LogP contribution in [0.5, 0.6) is 5.75 Å². The molecule has 6 N–H and O–H groups in total. The van der Waals surface area contributed by atoms with Crippen molar-refractivity contribution in [1.29, 1.82) is 0 Å². The highest BCUT2D eigenvalue weighted by molar-refractivity contribution is 6.33. The molecule has 0 aromatic heterocycles. The lowest BCUT2D eigenvalue weighted by Crippen LogP contribution is -2.67. The molecule has 4 atom stereocenters. The number of aromatic hydroxyl groups is 1. The lowest BCUT2D eigenvalue weighted by atomic mass is 9.57. The molecule has 42 heavy (non-hydrogen) atoms. The van der Waals surface area contributed by atoms with E-state index in [1.54, 1.807) is 19.0 Å². The van der Waals surface area contributed by atoms with Crippen LogP contribution in [0.25, 0.3) is 5.76 Å². The Balaban J connectivity index is 1.67. The summed E-state index contributed by atoms with van der Waals surface area (Å²) in [6.07, 6.45) is 0.392. The smallest absolute Gasteiger partial charge is 0.255 e. The van der Waals surface area contributed by atoms with Crippen LogP contribution >= 0.6 is 0 Å². The van der Waals surface area contributed by atoms with E-state index in [-0.39, 0.29) is 42.0 Å². The Morgan fingerprint density at radius 2 is 1.79 bits per heavy atom. The van der Waals surface area contributed by atoms with E-state index in [1.165, 1.54) is 7.11 Å². The minimum absolute atomic E-state index is 0.00461. The molecule has 2 aromatic rings. The maximum absolute atomic E-state index is 14.2. The van der Waals surface area contributed by atoms with Crippen LogP contribution in [0.4, 0.5) is 11.4 Å². The summed E-state index contributed by atoms with van der Waals surface area (Å²) in [5.74, 6) is -5.54. The number of likely N-dealkylation sites (N-methyl/N-ethyl adjacent to an activating group) is 1. The van der Waals surface area contributed by atoms with Gasteiger partial charge in [-0.1, -0.05) is 18.2 Å². The molecule has 0 heterocycles. The van der Waals surface area contributed by atoms with E-state index in [9.17, 15) is 29.7 Å². The molecular weight excluding hydrogens is 540 g/mol. The van der Waals surface area contributed by atoms with Crippen LogP contribution in [0.15, 0.2) is 53.3 Å². The van der Waals surface area contributed by atoms with E-state index in [0.29, 0.717) is 11.1 Å². The Morgan fingerprint density at radius 3 is 2.36 bits per heavy atom. The number of primary amides is 1. The first-order valence-corrected chi connectivity index (χ1v) is 13.7. The van der Waals surface area contributed by atoms with Crippen LogP contribution in [0, 0.1) is 11.8 Å². The molecule has 1 fully saturated rings. The van der Waals surface area contributed by atoms with Gasteiger partial charge in [-0.05, 0) is 56.6 Å². The molecule has 0 spiro atoms. The summed E-state index contributed by atoms with van der Waals surface area (Å²) >= 11 is 0. The van der Waals surface area contributed by atoms with Gasteiger partial charge in [0, 0.05) is 49.1 Å². The summed E-state index contributed by atoms with van der Waals surface area (Å²) in [7, 11) is 8.39. The molecule has 1 amide bonds. The number of amides is 1. The number of hydrogen-bond acceptors (Lipinski definition) is 10. The zero-order chi connectivity index (χ0) is 30.7. The summed E-state index contributed by atoms with van der Waals surface area (Å²) in [4.78, 5) is 43.8. The predicted molar refractivity (Wildman–Crippen MR) is 157 cm³/mol. The summed E-state index contributed by atoms with van der Waals surface area (Å²) in [6, 6.07) is 10.5. The van der Waals surface area contributed by atoms with Crippen molar-refractivity contribution in [3.8, 4) is 5.75 Å². The highest BCUT2D eigenvalue weighted by Gasteiger charge is 2.65. The molecule has 11 heteroatoms. The number of nitrogens with two attached hydrogens (primary N) is 1. The lowest BCUT2D eigenvalue weighted by Gasteiger charge is -2.50. The fourth-order valence-electron chi connectivity index (χ4n) is 6.83. The monoisotopic (exact) mass is 576 g/mol. The van der Waals surface area contributed by atoms with Crippen molar-refractivity contribution in [2.75, 3.05) is 45.5 Å². The van der Waals surface area contributed by atoms with Gasteiger partial charge in [0.25, 0.3) is 5.91 Å². The first-order chi connectivity index (χ1) is 19.8. The topological polar surface area (TPSA) is 166 Å². The Bertz CT molecular complexity index is 1550. The standard InChI is InChI=1S/C31H36N4O7/c1-34(2)20-13-16(14-33-17-9-7-6-8-10-17)25(36)22-18(20)11-15-12-19-24(35(3)4)27(42-5)23(30(32)40)29(39)31(19,41)28(38)21(15)26(22)37/h6-10,13,15,19,24,33,36-37,41H,11-12,14H2,1-5H3,(H2,32,40)/t15-,19-,24-,31-/m0/s1. The fourth-order valence-corrected chi connectivity index (χ4v) is 6.83. The number of fused-ring (bicyclic) bond motifs is 3. The summed E-state index contributed by atoms with van der Waals surface area (Å²) < 4.78 is 5.47. The Kier molecular flexibility index (Phi) is 7.28. The van der Waals surface area contributed by atoms with E-state index < -0.39 is 52.3 Å². The third kappa shape index (κ3) is 4.23. The summed E-state index contributed by atoms with van der Waals surface area (Å²) in [6.45, 7) is 0.228. The number of hydrogen-bond donors (Lipinski definition) is 5. The van der Waals surface area contributed by atoms with Crippen LogP contribution in [0.3, 0.4) is 0 Å². The third-order valence-electron chi connectivity index (χ3n) is 8.71. The number of rotatable bonds is 7. The molecule has 3 aliphatic carbocycles. The summed E-state index contributed by atoms with van der Waals surface area (Å²) in [5.41, 5.74) is 4.96. The summed E-state index contributed by atoms with van der Waals surface area (Å²) in [5, 5.41) is 38.3. The predicted octanol–water partition coefficient (Wildman–Crippen LogP) is 1.73. The van der Waals surface area contributed by atoms with E-state index in [0.717, 1.165) is 11.4 Å². The molecule has 0 aliphatic heterocycles. The number of aliphatic hydroxyl groups is 2. The zero-order valence-corrected chi connectivity index (χ0v) is 24.3. The maximum Gasteiger partial charge on any atom is 0.255 e. The largest absolute Gasteiger partial charge is 0.507 e. The number of methoxy groups -OCH3 is 1. The molecule has 222 valence electrons. The van der Waals surface area contributed by atoms with Gasteiger partial charge < -0.3 is 36.0 Å². The zero-order valence-electron chi connectivity index (χ0n) is 24.3. The first kappa shape index (κ1) is 29.2. The highest BCUT2D eigenvalue weighted by Crippen LogP contribution is 2.53. The third-order valence-corrected chi connectivity index (χ3v) is 8.71. The van der Waals surface area contributed by atoms with Gasteiger partial charge in [0.1, 0.15) is 22.8 Å². The van der Waals surface area contributed by atoms with Crippen molar-refractivity contribution in [3.63, 3.8) is 0 Å². The van der Waals surface area contributed by atoms with Crippen molar-refractivity contribution >= 4 is 34.6 Å². The molecule has 0 saturated heterocycles. The van der Waals surface area contributed by atoms with Crippen LogP contribution in [0.1, 0.15) is 23.1 Å². The molecular formula is C31H36N4O7. The number of Topliss-reactive ketones (excluding diaryl/α,β-unsaturated/α-hetero) is 2. The number of ether oxygens (including phenoxy) is 1. The fraction of sp³-hybridized carbons (Fsp3) is 0.387. The van der Waals surface area contributed by atoms with Gasteiger partial charge in [-0.25, -0.2) is 0 Å². The number of nitrogens with one attached hydrogen (secondary N) is 1. The average Bonchev–Trinajstić information content (AvgIpc) is 2.93. The number of nitrogens with zero attached hydrogens (tertiary/aromatic N) is 2. The number of benzene rings is 2. The Hall–Kier alpha value is -4.35. The van der Waals surface area contributed by atoms with Crippen molar-refractivity contribution in [1.82, 2.24) is 4.90 Å². The molecule has 5 rings (SSSR count). The van der Waals surface area contributed by atoms with Crippen LogP contribution < -0.4 is 16.0 Å². The van der Waals surface area contributed by atoms with E-state index in [2.05, 4.69) is 5.32 Å². The van der Waals surface area contributed by atoms with E-state index in [1.807, 2.05) is 55.4 Å². The lowest BCUT2D eigenvalue weighted by molar-refractivity contribution is -0.162. The SMILES string of the molecule is COC1=C(C(N)=O)C(=O)[C@@]2(O)C(=O)C3=C(O)c4c(O)c(CNc5ccccc5)cc(N(C)C)c4C[C@H]3C[C@H]2[C@@H]1N(C)C. The van der Waals surface area contributed by atoms with E-state index >= 15 is 0 Å². The van der Waals surface area contributed by atoms with Gasteiger partial charge >= 0.3 is 0 Å². The van der Waals surface area contributed by atoms with Crippen LogP contribution in [-0.4, -0.2) is 84.6 Å². The van der Waals surface area contributed by atoms with Gasteiger partial charge in [0.05, 0.1) is 18.7 Å².